The molecule has 0 radical (unpaired) electrons. The molecule has 0 aliphatic heterocycles. The lowest BCUT2D eigenvalue weighted by Gasteiger charge is -2.23. The third-order valence-electron chi connectivity index (χ3n) is 5.73. The van der Waals surface area contributed by atoms with Crippen LogP contribution in [0.15, 0.2) is 0 Å². The quantitative estimate of drug-likeness (QED) is 0.123. The number of hydrogen-bond donors (Lipinski definition) is 0. The maximum absolute atomic E-state index is 15.1. The van der Waals surface area contributed by atoms with Crippen LogP contribution >= 0.6 is 0 Å². The van der Waals surface area contributed by atoms with Crippen LogP contribution in [0, 0.1) is 98.9 Å². The van der Waals surface area contributed by atoms with Crippen molar-refractivity contribution in [3.8, 4) is 0 Å². The van der Waals surface area contributed by atoms with Gasteiger partial charge in [-0.25, -0.2) is 74.6 Å². The first kappa shape index (κ1) is 29.0. The lowest BCUT2D eigenvalue weighted by atomic mass is 9.35. The van der Waals surface area contributed by atoms with Crippen LogP contribution in [0.5, 0.6) is 0 Å². The van der Waals surface area contributed by atoms with Crippen molar-refractivity contribution in [3.63, 3.8) is 0 Å². The molecule has 0 fully saturated rings. The maximum Gasteiger partial charge on any atom is 0.262 e. The fourth-order valence-electron chi connectivity index (χ4n) is 3.98. The Morgan fingerprint density at radius 1 is 0.200 bits per heavy atom. The zero-order valence-electron chi connectivity index (χ0n) is 18.0. The Labute approximate surface area is 208 Å². The molecule has 40 heavy (non-hydrogen) atoms. The van der Waals surface area contributed by atoms with Gasteiger partial charge in [0.2, 0.25) is 0 Å². The molecule has 0 saturated carbocycles. The van der Waals surface area contributed by atoms with Crippen LogP contribution in [0.2, 0.25) is 0 Å². The summed E-state index contributed by atoms with van der Waals surface area (Å²) in [5, 5.41) is -4.99. The third-order valence-corrected chi connectivity index (χ3v) is 5.73. The highest BCUT2D eigenvalue weighted by Gasteiger charge is 2.45. The topological polar surface area (TPSA) is 0 Å². The highest BCUT2D eigenvalue weighted by Crippen LogP contribution is 2.32. The molecule has 4 aromatic carbocycles. The molecule has 0 saturated heterocycles. The fraction of sp³-hybridized carbons (Fsp3) is 0. The minimum absolute atomic E-state index is 2.48. The molecule has 0 aliphatic rings. The van der Waals surface area contributed by atoms with Crippen LogP contribution < -0.4 is 16.4 Å². The Morgan fingerprint density at radius 3 is 0.725 bits per heavy atom. The van der Waals surface area contributed by atoms with Crippen LogP contribution in [0.25, 0.3) is 10.8 Å². The molecule has 4 aromatic rings. The minimum Gasteiger partial charge on any atom is -0.204 e. The van der Waals surface area contributed by atoms with Gasteiger partial charge in [-0.3, -0.25) is 0 Å². The van der Waals surface area contributed by atoms with E-state index in [-0.39, 0.29) is 0 Å². The Morgan fingerprint density at radius 2 is 0.400 bits per heavy atom. The summed E-state index contributed by atoms with van der Waals surface area (Å²) in [6, 6.07) is 0. The van der Waals surface area contributed by atoms with E-state index in [2.05, 4.69) is 0 Å². The Balaban J connectivity index is 2.44. The van der Waals surface area contributed by atoms with Gasteiger partial charge in [-0.15, -0.1) is 0 Å². The van der Waals surface area contributed by atoms with E-state index in [9.17, 15) is 70.2 Å². The van der Waals surface area contributed by atoms with Gasteiger partial charge in [0.05, 0.1) is 5.39 Å². The Kier molecular flexibility index (Phi) is 6.95. The predicted octanol–water partition coefficient (Wildman–Crippen LogP) is 5.72. The zero-order valence-corrected chi connectivity index (χ0v) is 18.0. The van der Waals surface area contributed by atoms with Gasteiger partial charge < -0.3 is 0 Å². The Bertz CT molecular complexity index is 1650. The number of hydrogen-bond acceptors (Lipinski definition) is 0. The molecule has 0 unspecified atom stereocenters. The largest absolute Gasteiger partial charge is 0.262 e. The second kappa shape index (κ2) is 9.58. The summed E-state index contributed by atoms with van der Waals surface area (Å²) in [7, 11) is 0. The molecule has 0 N–H and O–H groups in total. The van der Waals surface area contributed by atoms with Crippen LogP contribution in [-0.4, -0.2) is 6.71 Å². The lowest BCUT2D eigenvalue weighted by molar-refractivity contribution is 0.382. The molecule has 0 amide bonds. The van der Waals surface area contributed by atoms with E-state index in [1.807, 2.05) is 0 Å². The molecular weight excluding hydrogens is 598 g/mol. The number of benzene rings is 4. The van der Waals surface area contributed by atoms with Crippen LogP contribution in [0.3, 0.4) is 0 Å². The molecule has 210 valence electrons. The van der Waals surface area contributed by atoms with Crippen molar-refractivity contribution >= 4 is 33.9 Å². The van der Waals surface area contributed by atoms with Gasteiger partial charge in [0.15, 0.2) is 98.9 Å². The van der Waals surface area contributed by atoms with Crippen molar-refractivity contribution < 1.29 is 74.6 Å². The van der Waals surface area contributed by atoms with E-state index >= 15 is 4.39 Å². The van der Waals surface area contributed by atoms with Crippen molar-refractivity contribution in [2.75, 3.05) is 0 Å². The van der Waals surface area contributed by atoms with Crippen molar-refractivity contribution in [2.24, 2.45) is 0 Å². The zero-order chi connectivity index (χ0) is 30.3. The molecule has 18 heteroatoms. The van der Waals surface area contributed by atoms with Crippen LogP contribution in [-0.2, 0) is 0 Å². The van der Waals surface area contributed by atoms with Gasteiger partial charge in [0, 0.05) is 16.3 Å². The summed E-state index contributed by atoms with van der Waals surface area (Å²) >= 11 is 0. The Hall–Kier alpha value is -3.99. The molecule has 0 heterocycles. The number of fused-ring (bicyclic) bond motifs is 1. The summed E-state index contributed by atoms with van der Waals surface area (Å²) in [6.07, 6.45) is 0. The van der Waals surface area contributed by atoms with E-state index in [1.165, 1.54) is 0 Å². The second-order valence-electron chi connectivity index (χ2n) is 7.76. The second-order valence-corrected chi connectivity index (χ2v) is 7.76. The number of rotatable bonds is 3. The fourth-order valence-corrected chi connectivity index (χ4v) is 3.98. The normalized spacial score (nSPS) is 11.6. The highest BCUT2D eigenvalue weighted by molar-refractivity contribution is 6.97. The van der Waals surface area contributed by atoms with E-state index in [1.54, 1.807) is 0 Å². The summed E-state index contributed by atoms with van der Waals surface area (Å²) < 4.78 is 243. The smallest absolute Gasteiger partial charge is 0.204 e. The summed E-state index contributed by atoms with van der Waals surface area (Å²) in [4.78, 5) is 0. The standard InChI is InChI=1S/C22BF17/c24-6-1-2(8(26)16(34)15(6)33)7(25)14(32)9(27)3(1)23(4-10(28)17(35)21(39)18(36)11(4)29)5-12(30)19(37)22(40)20(38)13(5)31. The molecule has 0 atom stereocenters. The van der Waals surface area contributed by atoms with E-state index < -0.39 is 133 Å². The molecule has 0 aliphatic carbocycles. The van der Waals surface area contributed by atoms with E-state index in [0.29, 0.717) is 0 Å². The van der Waals surface area contributed by atoms with Gasteiger partial charge in [0.1, 0.15) is 0 Å². The van der Waals surface area contributed by atoms with Crippen LogP contribution in [0.1, 0.15) is 0 Å². The molecule has 0 spiro atoms. The highest BCUT2D eigenvalue weighted by atomic mass is 19.2. The molecule has 0 bridgehead atoms. The van der Waals surface area contributed by atoms with Crippen LogP contribution in [0.4, 0.5) is 74.6 Å². The average molecular weight is 598 g/mol. The first-order chi connectivity index (χ1) is 18.5. The first-order valence-corrected chi connectivity index (χ1v) is 9.83. The van der Waals surface area contributed by atoms with E-state index in [4.69, 9.17) is 0 Å². The summed E-state index contributed by atoms with van der Waals surface area (Å²) in [5.74, 6) is -52.1. The lowest BCUT2D eigenvalue weighted by Crippen LogP contribution is -2.59. The van der Waals surface area contributed by atoms with Crippen molar-refractivity contribution in [1.29, 1.82) is 0 Å². The molecule has 0 aromatic heterocycles. The van der Waals surface area contributed by atoms with Gasteiger partial charge in [-0.1, -0.05) is 0 Å². The van der Waals surface area contributed by atoms with Gasteiger partial charge in [0.25, 0.3) is 6.71 Å². The van der Waals surface area contributed by atoms with Gasteiger partial charge in [-0.2, -0.15) is 0 Å². The monoisotopic (exact) mass is 598 g/mol. The minimum atomic E-state index is -4.11. The van der Waals surface area contributed by atoms with Crippen molar-refractivity contribution in [3.05, 3.63) is 98.9 Å². The van der Waals surface area contributed by atoms with E-state index in [0.717, 1.165) is 0 Å². The number of halogens is 17. The maximum atomic E-state index is 15.1. The first-order valence-electron chi connectivity index (χ1n) is 9.83. The van der Waals surface area contributed by atoms with Gasteiger partial charge in [-0.05, 0) is 5.46 Å². The molecule has 0 nitrogen and oxygen atoms in total. The SMILES string of the molecule is Fc1c(F)c(F)c(B(c2c(F)c(F)c(F)c(F)c2F)c2c(F)c(F)c(F)c3c(F)c(F)c(F)c(F)c23)c(F)c1F. The molecular formula is C22BF17. The van der Waals surface area contributed by atoms with Crippen molar-refractivity contribution in [2.45, 2.75) is 0 Å². The van der Waals surface area contributed by atoms with Gasteiger partial charge >= 0.3 is 0 Å². The third kappa shape index (κ3) is 3.71. The predicted molar refractivity (Wildman–Crippen MR) is 101 cm³/mol. The summed E-state index contributed by atoms with van der Waals surface area (Å²) in [6.45, 7) is -4.11. The molecule has 4 rings (SSSR count). The summed E-state index contributed by atoms with van der Waals surface area (Å²) in [5.41, 5.74) is -8.22. The average Bonchev–Trinajstić information content (AvgIpc) is 2.92. The van der Waals surface area contributed by atoms with Crippen molar-refractivity contribution in [1.82, 2.24) is 0 Å².